The zero-order valence-electron chi connectivity index (χ0n) is 9.03. The van der Waals surface area contributed by atoms with Crippen molar-refractivity contribution >= 4 is 11.7 Å². The Hall–Kier alpha value is -1.84. The number of hydrazone groups is 1. The smallest absolute Gasteiger partial charge is 0.212 e. The van der Waals surface area contributed by atoms with Gasteiger partial charge in [-0.15, -0.1) is 0 Å². The number of fused-ring (bicyclic) bond motifs is 1. The standard InChI is InChI=1S/C12H14N4/c1-2-4-10-9(3-1)5-6-11(10)15-16-12-13-7-8-14-12/h1-4H,5-8H2,(H2,13,14,16)/b15-11+. The van der Waals surface area contributed by atoms with Gasteiger partial charge < -0.3 is 5.32 Å². The van der Waals surface area contributed by atoms with Gasteiger partial charge in [-0.3, -0.25) is 0 Å². The van der Waals surface area contributed by atoms with Crippen molar-refractivity contribution in [2.75, 3.05) is 13.1 Å². The number of hydrogen-bond acceptors (Lipinski definition) is 4. The summed E-state index contributed by atoms with van der Waals surface area (Å²) in [5.74, 6) is 0.789. The molecule has 1 aromatic carbocycles. The molecule has 2 aliphatic rings. The molecule has 1 heterocycles. The van der Waals surface area contributed by atoms with Gasteiger partial charge in [0.1, 0.15) is 0 Å². The van der Waals surface area contributed by atoms with Crippen molar-refractivity contribution in [3.8, 4) is 0 Å². The van der Waals surface area contributed by atoms with E-state index in [1.165, 1.54) is 11.1 Å². The van der Waals surface area contributed by atoms with Crippen molar-refractivity contribution in [3.05, 3.63) is 35.4 Å². The van der Waals surface area contributed by atoms with Crippen molar-refractivity contribution < 1.29 is 0 Å². The highest BCUT2D eigenvalue weighted by atomic mass is 15.4. The third-order valence-electron chi connectivity index (χ3n) is 2.93. The molecule has 16 heavy (non-hydrogen) atoms. The van der Waals surface area contributed by atoms with Crippen LogP contribution in [0.5, 0.6) is 0 Å². The molecule has 0 bridgehead atoms. The number of benzene rings is 1. The minimum absolute atomic E-state index is 0.789. The van der Waals surface area contributed by atoms with Gasteiger partial charge in [0.15, 0.2) is 0 Å². The van der Waals surface area contributed by atoms with Gasteiger partial charge in [-0.1, -0.05) is 24.3 Å². The first-order valence-corrected chi connectivity index (χ1v) is 5.63. The van der Waals surface area contributed by atoms with Crippen LogP contribution < -0.4 is 10.7 Å². The Morgan fingerprint density at radius 2 is 2.19 bits per heavy atom. The highest BCUT2D eigenvalue weighted by Gasteiger charge is 2.16. The lowest BCUT2D eigenvalue weighted by Gasteiger charge is -2.02. The van der Waals surface area contributed by atoms with Gasteiger partial charge >= 0.3 is 0 Å². The zero-order valence-corrected chi connectivity index (χ0v) is 9.03. The van der Waals surface area contributed by atoms with Crippen LogP contribution in [0.3, 0.4) is 0 Å². The van der Waals surface area contributed by atoms with E-state index in [1.807, 2.05) is 0 Å². The molecule has 0 radical (unpaired) electrons. The molecule has 3 rings (SSSR count). The van der Waals surface area contributed by atoms with E-state index in [1.54, 1.807) is 0 Å². The van der Waals surface area contributed by atoms with Crippen LogP contribution in [0.15, 0.2) is 34.4 Å². The molecule has 0 spiro atoms. The van der Waals surface area contributed by atoms with E-state index in [0.717, 1.165) is 37.6 Å². The molecule has 4 heteroatoms. The number of rotatable bonds is 1. The molecule has 1 aliphatic heterocycles. The average molecular weight is 214 g/mol. The Kier molecular flexibility index (Phi) is 2.33. The summed E-state index contributed by atoms with van der Waals surface area (Å²) >= 11 is 0. The summed E-state index contributed by atoms with van der Waals surface area (Å²) in [6.45, 7) is 1.74. The maximum Gasteiger partial charge on any atom is 0.212 e. The number of hydrogen-bond donors (Lipinski definition) is 2. The summed E-state index contributed by atoms with van der Waals surface area (Å²) in [5.41, 5.74) is 6.79. The van der Waals surface area contributed by atoms with E-state index in [4.69, 9.17) is 0 Å². The van der Waals surface area contributed by atoms with Gasteiger partial charge in [-0.25, -0.2) is 10.4 Å². The normalized spacial score (nSPS) is 20.5. The van der Waals surface area contributed by atoms with Crippen LogP contribution >= 0.6 is 0 Å². The molecule has 0 unspecified atom stereocenters. The third-order valence-corrected chi connectivity index (χ3v) is 2.93. The Labute approximate surface area is 94.5 Å². The van der Waals surface area contributed by atoms with Gasteiger partial charge in [0.2, 0.25) is 5.96 Å². The fourth-order valence-electron chi connectivity index (χ4n) is 2.12. The molecule has 0 saturated carbocycles. The van der Waals surface area contributed by atoms with E-state index in [-0.39, 0.29) is 0 Å². The maximum absolute atomic E-state index is 4.42. The molecular weight excluding hydrogens is 200 g/mol. The van der Waals surface area contributed by atoms with E-state index >= 15 is 0 Å². The van der Waals surface area contributed by atoms with Gasteiger partial charge in [-0.2, -0.15) is 5.10 Å². The predicted molar refractivity (Wildman–Crippen MR) is 64.7 cm³/mol. The quantitative estimate of drug-likeness (QED) is 0.682. The average Bonchev–Trinajstić information content (AvgIpc) is 2.96. The van der Waals surface area contributed by atoms with E-state index in [2.05, 4.69) is 45.1 Å². The van der Waals surface area contributed by atoms with E-state index in [9.17, 15) is 0 Å². The predicted octanol–water partition coefficient (Wildman–Crippen LogP) is 0.886. The minimum Gasteiger partial charge on any atom is -0.353 e. The SMILES string of the molecule is c1ccc2c(c1)CC/C2=N\NC1=NCCN1. The number of nitrogens with zero attached hydrogens (tertiary/aromatic N) is 2. The summed E-state index contributed by atoms with van der Waals surface area (Å²) in [7, 11) is 0. The second-order valence-electron chi connectivity index (χ2n) is 3.98. The molecule has 0 aromatic heterocycles. The molecule has 1 aliphatic carbocycles. The Bertz CT molecular complexity index is 462. The second-order valence-corrected chi connectivity index (χ2v) is 3.98. The number of aryl methyl sites for hydroxylation is 1. The summed E-state index contributed by atoms with van der Waals surface area (Å²) in [6, 6.07) is 8.44. The molecule has 4 nitrogen and oxygen atoms in total. The number of aliphatic imine (C=N–C) groups is 1. The molecule has 0 atom stereocenters. The zero-order chi connectivity index (χ0) is 10.8. The number of guanidine groups is 1. The van der Waals surface area contributed by atoms with Crippen LogP contribution in [-0.4, -0.2) is 24.8 Å². The summed E-state index contributed by atoms with van der Waals surface area (Å²) in [5, 5.41) is 7.56. The number of nitrogens with one attached hydrogen (secondary N) is 2. The first-order chi connectivity index (χ1) is 7.93. The van der Waals surface area contributed by atoms with Crippen molar-refractivity contribution in [3.63, 3.8) is 0 Å². The van der Waals surface area contributed by atoms with Crippen LogP contribution in [0.1, 0.15) is 17.5 Å². The van der Waals surface area contributed by atoms with Crippen LogP contribution in [0.4, 0.5) is 0 Å². The molecule has 2 N–H and O–H groups in total. The monoisotopic (exact) mass is 214 g/mol. The van der Waals surface area contributed by atoms with Gasteiger partial charge in [0, 0.05) is 12.1 Å². The highest BCUT2D eigenvalue weighted by Crippen LogP contribution is 2.21. The van der Waals surface area contributed by atoms with Gasteiger partial charge in [0.25, 0.3) is 0 Å². The lowest BCUT2D eigenvalue weighted by atomic mass is 10.1. The van der Waals surface area contributed by atoms with Gasteiger partial charge in [-0.05, 0) is 18.4 Å². The molecule has 0 amide bonds. The van der Waals surface area contributed by atoms with Crippen LogP contribution in [-0.2, 0) is 6.42 Å². The fourth-order valence-corrected chi connectivity index (χ4v) is 2.12. The van der Waals surface area contributed by atoms with Crippen LogP contribution in [0, 0.1) is 0 Å². The van der Waals surface area contributed by atoms with Crippen molar-refractivity contribution in [2.45, 2.75) is 12.8 Å². The molecule has 0 saturated heterocycles. The van der Waals surface area contributed by atoms with E-state index < -0.39 is 0 Å². The Balaban J connectivity index is 1.79. The van der Waals surface area contributed by atoms with Crippen molar-refractivity contribution in [1.29, 1.82) is 0 Å². The second kappa shape index (κ2) is 3.96. The van der Waals surface area contributed by atoms with E-state index in [0.29, 0.717) is 0 Å². The first kappa shape index (κ1) is 9.39. The van der Waals surface area contributed by atoms with Gasteiger partial charge in [0.05, 0.1) is 12.3 Å². The molecule has 82 valence electrons. The first-order valence-electron chi connectivity index (χ1n) is 5.63. The van der Waals surface area contributed by atoms with Crippen molar-refractivity contribution in [2.24, 2.45) is 10.1 Å². The van der Waals surface area contributed by atoms with Crippen LogP contribution in [0.2, 0.25) is 0 Å². The summed E-state index contributed by atoms with van der Waals surface area (Å²) in [4.78, 5) is 4.24. The topological polar surface area (TPSA) is 48.8 Å². The van der Waals surface area contributed by atoms with Crippen LogP contribution in [0.25, 0.3) is 0 Å². The maximum atomic E-state index is 4.42. The Morgan fingerprint density at radius 3 is 3.06 bits per heavy atom. The third kappa shape index (κ3) is 1.66. The highest BCUT2D eigenvalue weighted by molar-refractivity contribution is 6.04. The minimum atomic E-state index is 0.789. The van der Waals surface area contributed by atoms with Crippen molar-refractivity contribution in [1.82, 2.24) is 10.7 Å². The molecular formula is C12H14N4. The fraction of sp³-hybridized carbons (Fsp3) is 0.333. The molecule has 1 aromatic rings. The largest absolute Gasteiger partial charge is 0.353 e. The summed E-state index contributed by atoms with van der Waals surface area (Å²) in [6.07, 6.45) is 2.11. The lowest BCUT2D eigenvalue weighted by molar-refractivity contribution is 0.913. The summed E-state index contributed by atoms with van der Waals surface area (Å²) < 4.78 is 0. The lowest BCUT2D eigenvalue weighted by Crippen LogP contribution is -2.30. The molecule has 0 fully saturated rings. The Morgan fingerprint density at radius 1 is 1.25 bits per heavy atom.